The third-order valence-corrected chi connectivity index (χ3v) is 4.67. The fourth-order valence-electron chi connectivity index (χ4n) is 2.47. The molecule has 0 aromatic rings. The number of aliphatic hydroxyl groups is 1. The standard InChI is InChI=1S/C17H7NO.C14H29O8P.2Na.8H2/c1-3-4-5-6-7-8-9-10-11-12-13-14-15-16-18-17(2)19;1-2-3-4-5-6-7-8-9-14(16)22-13(10-20-12-15)11-21-23(17,18)19;;;;;;;;;;/h1-2H3,(H,18,19);13,15H,2-12H2,1H3,(H2,17,18,19);;;8*1H/q;;2*+1;;;;;;;;/p-2/t;13-;;;;;;;;;;/m.0........../s1. The van der Waals surface area contributed by atoms with Crippen molar-refractivity contribution in [3.8, 4) is 83.0 Å². The molecule has 0 aliphatic carbocycles. The first-order valence-corrected chi connectivity index (χ1v) is 14.3. The molecule has 44 heavy (non-hydrogen) atoms. The van der Waals surface area contributed by atoms with Gasteiger partial charge in [-0.1, -0.05) is 51.4 Å². The molecule has 0 radical (unpaired) electrons. The minimum absolute atomic E-state index is 0. The molecule has 2 N–H and O–H groups in total. The molecule has 0 unspecified atom stereocenters. The summed E-state index contributed by atoms with van der Waals surface area (Å²) in [5.74, 6) is 31.6. The Labute approximate surface area is 318 Å². The second kappa shape index (κ2) is 37.1. The van der Waals surface area contributed by atoms with Crippen molar-refractivity contribution in [3.05, 3.63) is 0 Å². The number of esters is 1. The zero-order valence-electron chi connectivity index (χ0n) is 26.0. The molecule has 0 spiro atoms. The molecule has 0 aliphatic heterocycles. The SMILES string of the molecule is CC#CC#CC#CC#CC#CC#CC#CNC(C)=O.CCCCCCCCCC(=O)O[C@@H](COCO)COP(=O)([O-])[O-].[HH].[HH].[HH].[HH].[HH].[HH].[HH].[HH].[Na+].[Na+]. The zero-order chi connectivity index (χ0) is 31.7. The summed E-state index contributed by atoms with van der Waals surface area (Å²) in [6.45, 7) is 3.72. The number of carbonyl (C=O) groups excluding carboxylic acids is 2. The van der Waals surface area contributed by atoms with E-state index in [1.165, 1.54) is 26.2 Å². The van der Waals surface area contributed by atoms with Gasteiger partial charge in [0.05, 0.1) is 21.0 Å². The average Bonchev–Trinajstić information content (AvgIpc) is 2.94. The van der Waals surface area contributed by atoms with Crippen LogP contribution in [0.15, 0.2) is 0 Å². The summed E-state index contributed by atoms with van der Waals surface area (Å²) in [5, 5.41) is 10.8. The minimum Gasteiger partial charge on any atom is -0.790 e. The van der Waals surface area contributed by atoms with Gasteiger partial charge < -0.3 is 33.5 Å². The third-order valence-electron chi connectivity index (χ3n) is 4.21. The van der Waals surface area contributed by atoms with Gasteiger partial charge in [0.1, 0.15) is 12.9 Å². The summed E-state index contributed by atoms with van der Waals surface area (Å²) in [6.07, 6.45) is 6.57. The second-order valence-corrected chi connectivity index (χ2v) is 8.93. The van der Waals surface area contributed by atoms with E-state index >= 15 is 0 Å². The fourth-order valence-corrected chi connectivity index (χ4v) is 2.82. The molecule has 0 rings (SSSR count). The molecule has 1 atom stereocenters. The molecule has 0 aromatic heterocycles. The van der Waals surface area contributed by atoms with E-state index in [1.807, 2.05) is 0 Å². The molecule has 1 amide bonds. The summed E-state index contributed by atoms with van der Waals surface area (Å²) in [7, 11) is -5.14. The summed E-state index contributed by atoms with van der Waals surface area (Å²) >= 11 is 0. The van der Waals surface area contributed by atoms with E-state index in [1.54, 1.807) is 6.92 Å². The van der Waals surface area contributed by atoms with Gasteiger partial charge in [-0.3, -0.25) is 14.9 Å². The van der Waals surface area contributed by atoms with Gasteiger partial charge in [-0.15, -0.1) is 0 Å². The van der Waals surface area contributed by atoms with Crippen molar-refractivity contribution in [2.24, 2.45) is 0 Å². The molecular formula is C31H50NNa2O9P. The van der Waals surface area contributed by atoms with Crippen LogP contribution in [0.5, 0.6) is 0 Å². The topological polar surface area (TPSA) is 157 Å². The van der Waals surface area contributed by atoms with E-state index in [-0.39, 0.29) is 89.5 Å². The van der Waals surface area contributed by atoms with Crippen molar-refractivity contribution in [2.75, 3.05) is 20.0 Å². The van der Waals surface area contributed by atoms with Crippen LogP contribution in [0.2, 0.25) is 0 Å². The monoisotopic (exact) mass is 657 g/mol. The van der Waals surface area contributed by atoms with Crippen molar-refractivity contribution in [1.29, 1.82) is 0 Å². The van der Waals surface area contributed by atoms with Crippen LogP contribution >= 0.6 is 7.82 Å². The van der Waals surface area contributed by atoms with E-state index in [0.29, 0.717) is 6.42 Å². The van der Waals surface area contributed by atoms with E-state index < -0.39 is 33.3 Å². The largest absolute Gasteiger partial charge is 1.00 e. The van der Waals surface area contributed by atoms with Crippen LogP contribution in [0.1, 0.15) is 83.6 Å². The molecular weight excluding hydrogens is 607 g/mol. The van der Waals surface area contributed by atoms with E-state index in [0.717, 1.165) is 19.3 Å². The smallest absolute Gasteiger partial charge is 0.790 e. The predicted molar refractivity (Wildman–Crippen MR) is 170 cm³/mol. The molecule has 13 heteroatoms. The molecule has 0 fully saturated rings. The van der Waals surface area contributed by atoms with Gasteiger partial charge in [0, 0.05) is 66.3 Å². The Balaban J connectivity index is -0.0000000522. The minimum atomic E-state index is -5.14. The number of carbonyl (C=O) groups is 2. The van der Waals surface area contributed by atoms with Crippen LogP contribution in [0.3, 0.4) is 0 Å². The molecule has 0 heterocycles. The summed E-state index contributed by atoms with van der Waals surface area (Å²) < 4.78 is 24.2. The zero-order valence-corrected chi connectivity index (χ0v) is 30.9. The first-order valence-electron chi connectivity index (χ1n) is 12.9. The van der Waals surface area contributed by atoms with E-state index in [4.69, 9.17) is 9.84 Å². The number of unbranched alkanes of at least 4 members (excludes halogenated alkanes) is 6. The Morgan fingerprint density at radius 3 is 1.75 bits per heavy atom. The first kappa shape index (κ1) is 48.8. The number of hydrogen-bond acceptors (Lipinski definition) is 9. The number of phosphoric ester groups is 1. The quantitative estimate of drug-likeness (QED) is 0.0355. The van der Waals surface area contributed by atoms with Gasteiger partial charge in [0.2, 0.25) is 5.91 Å². The van der Waals surface area contributed by atoms with Gasteiger partial charge in [0.25, 0.3) is 0 Å². The molecule has 0 saturated carbocycles. The maximum Gasteiger partial charge on any atom is 1.00 e. The Hall–Kier alpha value is -2.11. The van der Waals surface area contributed by atoms with Gasteiger partial charge in [-0.25, -0.2) is 0 Å². The van der Waals surface area contributed by atoms with Gasteiger partial charge in [0.15, 0.2) is 0 Å². The van der Waals surface area contributed by atoms with E-state index in [9.17, 15) is 23.9 Å². The van der Waals surface area contributed by atoms with Crippen LogP contribution in [0, 0.1) is 83.0 Å². The normalized spacial score (nSPS) is 8.86. The maximum atomic E-state index is 11.7. The Bertz CT molecular complexity index is 1350. The maximum absolute atomic E-state index is 11.7. The average molecular weight is 658 g/mol. The van der Waals surface area contributed by atoms with Crippen LogP contribution < -0.4 is 74.2 Å². The van der Waals surface area contributed by atoms with Crippen LogP contribution in [-0.2, 0) is 28.2 Å². The molecule has 10 nitrogen and oxygen atoms in total. The van der Waals surface area contributed by atoms with Gasteiger partial charge >= 0.3 is 65.1 Å². The molecule has 240 valence electrons. The van der Waals surface area contributed by atoms with Crippen molar-refractivity contribution in [2.45, 2.75) is 78.2 Å². The molecule has 0 aromatic carbocycles. The Morgan fingerprint density at radius 2 is 1.30 bits per heavy atom. The first-order chi connectivity index (χ1) is 20.2. The van der Waals surface area contributed by atoms with Crippen molar-refractivity contribution in [1.82, 2.24) is 5.32 Å². The van der Waals surface area contributed by atoms with Crippen LogP contribution in [0.25, 0.3) is 0 Å². The number of hydrogen-bond donors (Lipinski definition) is 2. The number of aliphatic hydroxyl groups excluding tert-OH is 1. The van der Waals surface area contributed by atoms with Crippen molar-refractivity contribution in [3.63, 3.8) is 0 Å². The number of nitrogens with one attached hydrogen (secondary N) is 1. The molecule has 0 bridgehead atoms. The third kappa shape index (κ3) is 44.3. The summed E-state index contributed by atoms with van der Waals surface area (Å²) in [6, 6.07) is 2.34. The van der Waals surface area contributed by atoms with Gasteiger partial charge in [-0.05, 0) is 48.9 Å². The fraction of sp³-hybridized carbons (Fsp3) is 0.484. The number of ether oxygens (including phenoxy) is 2. The van der Waals surface area contributed by atoms with Crippen LogP contribution in [0.4, 0.5) is 0 Å². The molecule has 0 aliphatic rings. The number of rotatable bonds is 15. The van der Waals surface area contributed by atoms with E-state index in [2.05, 4.69) is 105 Å². The summed E-state index contributed by atoms with van der Waals surface area (Å²) in [5.41, 5.74) is 0. The van der Waals surface area contributed by atoms with Crippen LogP contribution in [-0.4, -0.2) is 43.1 Å². The van der Waals surface area contributed by atoms with Gasteiger partial charge in [-0.2, -0.15) is 0 Å². The Morgan fingerprint density at radius 1 is 0.818 bits per heavy atom. The number of amides is 1. The second-order valence-electron chi connectivity index (χ2n) is 7.78. The molecule has 0 saturated heterocycles. The predicted octanol–water partition coefficient (Wildman–Crippen LogP) is -3.05. The summed E-state index contributed by atoms with van der Waals surface area (Å²) in [4.78, 5) is 42.9. The van der Waals surface area contributed by atoms with Crippen molar-refractivity contribution < 1.29 is 114 Å². The Kier molecular flexibility index (Phi) is 41.1. The number of phosphoric acid groups is 1. The van der Waals surface area contributed by atoms with Crippen molar-refractivity contribution >= 4 is 19.7 Å².